The normalized spacial score (nSPS) is 12.4. The lowest BCUT2D eigenvalue weighted by Gasteiger charge is -2.31. The van der Waals surface area contributed by atoms with Crippen LogP contribution in [0.25, 0.3) is 0 Å². The van der Waals surface area contributed by atoms with Gasteiger partial charge in [-0.1, -0.05) is 0 Å². The fraction of sp³-hybridized carbons (Fsp3) is 0.517. The summed E-state index contributed by atoms with van der Waals surface area (Å²) in [5.74, 6) is -6.02. The average molecular weight is 1050 g/mol. The third-order valence-corrected chi connectivity index (χ3v) is 9.48. The maximum absolute atomic E-state index is 14.5. The van der Waals surface area contributed by atoms with E-state index in [2.05, 4.69) is 5.32 Å². The third-order valence-electron chi connectivity index (χ3n) is 5.97. The molecule has 16 nitrogen and oxygen atoms in total. The van der Waals surface area contributed by atoms with Crippen molar-refractivity contribution in [2.75, 3.05) is 37.5 Å². The Morgan fingerprint density at radius 1 is 0.714 bits per heavy atom. The number of alkyl halides is 1. The molecule has 0 aliphatic heterocycles. The predicted molar refractivity (Wildman–Crippen MR) is 198 cm³/mol. The molecule has 49 heavy (non-hydrogen) atoms. The molecule has 20 heteroatoms. The molecule has 0 saturated heterocycles. The van der Waals surface area contributed by atoms with Crippen molar-refractivity contribution in [1.82, 2.24) is 4.90 Å². The molecule has 1 aromatic rings. The van der Waals surface area contributed by atoms with E-state index in [0.717, 1.165) is 39.5 Å². The minimum absolute atomic E-state index is 0.000334. The van der Waals surface area contributed by atoms with Gasteiger partial charge in [0.15, 0.2) is 18.3 Å². The smallest absolute Gasteiger partial charge is 0.303 e. The minimum atomic E-state index is -1.26. The van der Waals surface area contributed by atoms with Gasteiger partial charge in [-0.05, 0) is 80.6 Å². The van der Waals surface area contributed by atoms with Crippen LogP contribution >= 0.6 is 79.4 Å². The first-order valence-electron chi connectivity index (χ1n) is 14.2. The van der Waals surface area contributed by atoms with Gasteiger partial charge in [-0.2, -0.15) is 0 Å². The first-order valence-corrected chi connectivity index (χ1v) is 18.0. The van der Waals surface area contributed by atoms with E-state index in [0.29, 0.717) is 6.42 Å². The van der Waals surface area contributed by atoms with Crippen molar-refractivity contribution in [2.24, 2.45) is 5.73 Å². The summed E-state index contributed by atoms with van der Waals surface area (Å²) in [5.41, 5.74) is 5.46. The zero-order valence-electron chi connectivity index (χ0n) is 27.0. The fourth-order valence-corrected chi connectivity index (χ4v) is 8.70. The molecule has 0 fully saturated rings. The Balaban J connectivity index is 3.92. The van der Waals surface area contributed by atoms with Gasteiger partial charge in [-0.3, -0.25) is 38.4 Å². The average Bonchev–Trinajstić information content (AvgIpc) is 2.97. The second-order valence-electron chi connectivity index (χ2n) is 10.1. The summed E-state index contributed by atoms with van der Waals surface area (Å²) in [7, 11) is 0. The molecule has 0 saturated carbocycles. The van der Waals surface area contributed by atoms with Gasteiger partial charge < -0.3 is 39.6 Å². The number of primary amides is 1. The highest BCUT2D eigenvalue weighted by molar-refractivity contribution is 14.1. The molecule has 3 atom stereocenters. The van der Waals surface area contributed by atoms with E-state index < -0.39 is 92.2 Å². The highest BCUT2D eigenvalue weighted by atomic mass is 127. The highest BCUT2D eigenvalue weighted by Gasteiger charge is 2.34. The van der Waals surface area contributed by atoms with Crippen LogP contribution in [0, 0.1) is 10.7 Å². The number of ether oxygens (including phenoxy) is 5. The van der Waals surface area contributed by atoms with Gasteiger partial charge in [0.2, 0.25) is 0 Å². The number of nitrogens with one attached hydrogen (secondary N) is 1. The standard InChI is InChI=1S/C29H35ClI3N3O13/c1-13(37)45-11-18(47-15(3)39)9-36(10-19(48-16(4)40)12-46-14(2)38)29(44)22-23(31)21(27(34)42)24(32)26(25(22)33)35-28(43)20(7-6-8-30)49-17(5)41/h18-20H,6-12H2,1-5H3,(H2,34,42)(H,35,43). The van der Waals surface area contributed by atoms with E-state index >= 15 is 0 Å². The predicted octanol–water partition coefficient (Wildman–Crippen LogP) is 2.92. The zero-order chi connectivity index (χ0) is 37.6. The quantitative estimate of drug-likeness (QED) is 0.0936. The van der Waals surface area contributed by atoms with Gasteiger partial charge in [0, 0.05) is 44.1 Å². The van der Waals surface area contributed by atoms with Crippen molar-refractivity contribution in [3.63, 3.8) is 0 Å². The molecule has 0 heterocycles. The number of carbonyl (C=O) groups excluding carboxylic acids is 8. The Kier molecular flexibility index (Phi) is 19.6. The van der Waals surface area contributed by atoms with Crippen LogP contribution in [0.3, 0.4) is 0 Å². The fourth-order valence-electron chi connectivity index (χ4n) is 4.12. The van der Waals surface area contributed by atoms with E-state index in [9.17, 15) is 38.4 Å². The van der Waals surface area contributed by atoms with Gasteiger partial charge in [0.05, 0.1) is 37.0 Å². The van der Waals surface area contributed by atoms with E-state index in [-0.39, 0.29) is 39.8 Å². The Bertz CT molecular complexity index is 1420. The second-order valence-corrected chi connectivity index (χ2v) is 13.7. The highest BCUT2D eigenvalue weighted by Crippen LogP contribution is 2.36. The molecule has 3 amide bonds. The summed E-state index contributed by atoms with van der Waals surface area (Å²) in [6, 6.07) is 0. The van der Waals surface area contributed by atoms with Crippen molar-refractivity contribution in [3.05, 3.63) is 21.8 Å². The maximum atomic E-state index is 14.5. The summed E-state index contributed by atoms with van der Waals surface area (Å²) < 4.78 is 26.2. The molecule has 0 aliphatic rings. The second kappa shape index (κ2) is 21.6. The number of benzene rings is 1. The van der Waals surface area contributed by atoms with Crippen molar-refractivity contribution < 1.29 is 62.0 Å². The SMILES string of the molecule is CC(=O)OCC(CN(CC(COC(C)=O)OC(C)=O)C(=O)c1c(I)c(NC(=O)C(CCCCl)OC(C)=O)c(I)c(C(N)=O)c1I)OC(C)=O. The first kappa shape index (κ1) is 44.5. The first-order chi connectivity index (χ1) is 22.8. The Morgan fingerprint density at radius 2 is 1.16 bits per heavy atom. The molecular formula is C29H35ClI3N3O13. The number of carbonyl (C=O) groups is 8. The van der Waals surface area contributed by atoms with Gasteiger partial charge in [-0.15, -0.1) is 11.6 Å². The van der Waals surface area contributed by atoms with E-state index in [1.165, 1.54) is 0 Å². The third kappa shape index (κ3) is 15.1. The van der Waals surface area contributed by atoms with Crippen LogP contribution in [-0.2, 0) is 52.5 Å². The van der Waals surface area contributed by atoms with Gasteiger partial charge >= 0.3 is 29.8 Å². The van der Waals surface area contributed by atoms with Gasteiger partial charge in [-0.25, -0.2) is 0 Å². The van der Waals surface area contributed by atoms with Crippen LogP contribution in [0.4, 0.5) is 5.69 Å². The van der Waals surface area contributed by atoms with E-state index in [1.54, 1.807) is 67.8 Å². The maximum Gasteiger partial charge on any atom is 0.303 e. The molecule has 0 spiro atoms. The Hall–Kier alpha value is -2.54. The number of rotatable bonds is 18. The molecule has 3 unspecified atom stereocenters. The van der Waals surface area contributed by atoms with Gasteiger partial charge in [0.25, 0.3) is 17.7 Å². The Labute approximate surface area is 327 Å². The van der Waals surface area contributed by atoms with Crippen LogP contribution in [0.5, 0.6) is 0 Å². The minimum Gasteiger partial charge on any atom is -0.462 e. The van der Waals surface area contributed by atoms with Crippen LogP contribution in [-0.4, -0.2) is 103 Å². The number of hydrogen-bond acceptors (Lipinski definition) is 13. The molecule has 272 valence electrons. The number of amides is 3. The largest absolute Gasteiger partial charge is 0.462 e. The summed E-state index contributed by atoms with van der Waals surface area (Å²) in [5, 5.41) is 2.64. The molecule has 1 aromatic carbocycles. The number of halogens is 4. The number of nitrogens with zero attached hydrogens (tertiary/aromatic N) is 1. The molecule has 1 rings (SSSR count). The summed E-state index contributed by atoms with van der Waals surface area (Å²) >= 11 is 11.1. The number of esters is 5. The lowest BCUT2D eigenvalue weighted by molar-refractivity contribution is -0.159. The lowest BCUT2D eigenvalue weighted by Crippen LogP contribution is -2.47. The van der Waals surface area contributed by atoms with Crippen LogP contribution in [0.1, 0.15) is 68.2 Å². The van der Waals surface area contributed by atoms with Crippen molar-refractivity contribution in [1.29, 1.82) is 0 Å². The molecule has 3 N–H and O–H groups in total. The van der Waals surface area contributed by atoms with Crippen molar-refractivity contribution >= 4 is 133 Å². The zero-order valence-corrected chi connectivity index (χ0v) is 34.3. The lowest BCUT2D eigenvalue weighted by atomic mass is 10.1. The summed E-state index contributed by atoms with van der Waals surface area (Å²) in [4.78, 5) is 100. The van der Waals surface area contributed by atoms with Crippen LogP contribution in [0.2, 0.25) is 0 Å². The van der Waals surface area contributed by atoms with Crippen molar-refractivity contribution in [2.45, 2.75) is 65.8 Å². The molecule has 0 aromatic heterocycles. The molecular weight excluding hydrogens is 1010 g/mol. The van der Waals surface area contributed by atoms with Gasteiger partial charge in [0.1, 0.15) is 13.2 Å². The molecule has 0 aliphatic carbocycles. The van der Waals surface area contributed by atoms with E-state index in [4.69, 9.17) is 41.0 Å². The topological polar surface area (TPSA) is 224 Å². The van der Waals surface area contributed by atoms with Crippen molar-refractivity contribution in [3.8, 4) is 0 Å². The van der Waals surface area contributed by atoms with Crippen LogP contribution in [0.15, 0.2) is 0 Å². The van der Waals surface area contributed by atoms with E-state index in [1.807, 2.05) is 0 Å². The number of nitrogens with two attached hydrogens (primary N) is 1. The molecule has 0 radical (unpaired) electrons. The monoisotopic (exact) mass is 1050 g/mol. The molecule has 0 bridgehead atoms. The van der Waals surface area contributed by atoms with Crippen LogP contribution < -0.4 is 11.1 Å². The number of anilines is 1. The number of hydrogen-bond donors (Lipinski definition) is 2. The Morgan fingerprint density at radius 3 is 1.55 bits per heavy atom. The summed E-state index contributed by atoms with van der Waals surface area (Å²) in [6.07, 6.45) is -3.30. The summed E-state index contributed by atoms with van der Waals surface area (Å²) in [6.45, 7) is 3.78.